The second-order valence-electron chi connectivity index (χ2n) is 4.78. The number of likely N-dealkylation sites (tertiary alicyclic amines) is 1. The lowest BCUT2D eigenvalue weighted by atomic mass is 10.3. The molecule has 1 aromatic rings. The van der Waals surface area contributed by atoms with E-state index in [1.807, 2.05) is 11.3 Å². The van der Waals surface area contributed by atoms with Gasteiger partial charge in [-0.15, -0.1) is 35.3 Å². The van der Waals surface area contributed by atoms with Crippen LogP contribution in [0.3, 0.4) is 0 Å². The smallest absolute Gasteiger partial charge is 0.194 e. The van der Waals surface area contributed by atoms with Crippen LogP contribution >= 0.6 is 35.3 Å². The molecule has 0 saturated carbocycles. The Hall–Kier alpha value is -0.340. The van der Waals surface area contributed by atoms with E-state index in [1.54, 1.807) is 0 Å². The van der Waals surface area contributed by atoms with Gasteiger partial charge in [-0.05, 0) is 31.9 Å². The molecule has 0 bridgehead atoms. The Balaban J connectivity index is 0.00000200. The van der Waals surface area contributed by atoms with Gasteiger partial charge in [-0.1, -0.05) is 6.92 Å². The van der Waals surface area contributed by atoms with E-state index in [2.05, 4.69) is 41.2 Å². The summed E-state index contributed by atoms with van der Waals surface area (Å²) in [5.41, 5.74) is 0. The number of thiophene rings is 1. The van der Waals surface area contributed by atoms with Crippen molar-refractivity contribution in [1.82, 2.24) is 10.2 Å². The first kappa shape index (κ1) is 17.7. The molecule has 2 N–H and O–H groups in total. The maximum atomic E-state index is 9.61. The summed E-state index contributed by atoms with van der Waals surface area (Å²) in [6.07, 6.45) is 1.72. The Morgan fingerprint density at radius 2 is 2.20 bits per heavy atom. The average molecular weight is 409 g/mol. The van der Waals surface area contributed by atoms with Gasteiger partial charge in [0.25, 0.3) is 0 Å². The molecule has 1 saturated heterocycles. The van der Waals surface area contributed by atoms with E-state index in [1.165, 1.54) is 9.75 Å². The molecule has 0 unspecified atom stereocenters. The zero-order valence-corrected chi connectivity index (χ0v) is 15.3. The van der Waals surface area contributed by atoms with Crippen LogP contribution < -0.4 is 5.32 Å². The molecule has 1 aliphatic heterocycles. The highest BCUT2D eigenvalue weighted by molar-refractivity contribution is 14.0. The molecule has 0 aliphatic carbocycles. The van der Waals surface area contributed by atoms with Crippen LogP contribution in [0.15, 0.2) is 17.1 Å². The van der Waals surface area contributed by atoms with Crippen molar-refractivity contribution >= 4 is 41.3 Å². The van der Waals surface area contributed by atoms with Crippen molar-refractivity contribution in [3.05, 3.63) is 21.9 Å². The zero-order chi connectivity index (χ0) is 13.7. The first-order valence-electron chi connectivity index (χ1n) is 7.01. The molecule has 6 heteroatoms. The van der Waals surface area contributed by atoms with E-state index in [9.17, 15) is 5.11 Å². The number of nitrogens with zero attached hydrogens (tertiary/aromatic N) is 2. The first-order valence-corrected chi connectivity index (χ1v) is 7.83. The van der Waals surface area contributed by atoms with E-state index in [-0.39, 0.29) is 30.1 Å². The van der Waals surface area contributed by atoms with E-state index in [0.717, 1.165) is 38.4 Å². The number of halogens is 1. The van der Waals surface area contributed by atoms with Gasteiger partial charge in [-0.2, -0.15) is 0 Å². The Morgan fingerprint density at radius 1 is 1.45 bits per heavy atom. The molecular formula is C14H24IN3OS. The highest BCUT2D eigenvalue weighted by atomic mass is 127. The molecule has 4 nitrogen and oxygen atoms in total. The largest absolute Gasteiger partial charge is 0.391 e. The van der Waals surface area contributed by atoms with Crippen LogP contribution in [0.25, 0.3) is 0 Å². The van der Waals surface area contributed by atoms with Gasteiger partial charge in [0.05, 0.1) is 12.6 Å². The predicted molar refractivity (Wildman–Crippen MR) is 96.1 cm³/mol. The lowest BCUT2D eigenvalue weighted by Crippen LogP contribution is -2.40. The third-order valence-electron chi connectivity index (χ3n) is 3.25. The summed E-state index contributed by atoms with van der Waals surface area (Å²) in [4.78, 5) is 9.53. The fourth-order valence-corrected chi connectivity index (χ4v) is 3.09. The number of aliphatic hydroxyl groups excluding tert-OH is 1. The van der Waals surface area contributed by atoms with Crippen LogP contribution in [0, 0.1) is 0 Å². The van der Waals surface area contributed by atoms with Gasteiger partial charge in [0.2, 0.25) is 0 Å². The van der Waals surface area contributed by atoms with Gasteiger partial charge in [-0.25, -0.2) is 4.99 Å². The second-order valence-corrected chi connectivity index (χ2v) is 6.03. The molecule has 1 fully saturated rings. The van der Waals surface area contributed by atoms with Crippen molar-refractivity contribution in [2.75, 3.05) is 19.6 Å². The number of guanidine groups is 1. The van der Waals surface area contributed by atoms with Crippen LogP contribution in [0.5, 0.6) is 0 Å². The van der Waals surface area contributed by atoms with Gasteiger partial charge in [0.1, 0.15) is 0 Å². The number of β-amino-alcohol motifs (C(OH)–C–C–N with tert-alkyl or cyclic N) is 1. The highest BCUT2D eigenvalue weighted by Crippen LogP contribution is 2.18. The van der Waals surface area contributed by atoms with Crippen molar-refractivity contribution in [3.8, 4) is 0 Å². The van der Waals surface area contributed by atoms with Crippen molar-refractivity contribution in [3.63, 3.8) is 0 Å². The Bertz CT molecular complexity index is 436. The van der Waals surface area contributed by atoms with E-state index in [0.29, 0.717) is 6.54 Å². The monoisotopic (exact) mass is 409 g/mol. The third-order valence-corrected chi connectivity index (χ3v) is 4.46. The molecule has 0 aromatic carbocycles. The van der Waals surface area contributed by atoms with Gasteiger partial charge in [0, 0.05) is 29.4 Å². The Kier molecular flexibility index (Phi) is 7.83. The number of hydrogen-bond acceptors (Lipinski definition) is 3. The summed E-state index contributed by atoms with van der Waals surface area (Å²) in [5, 5.41) is 12.9. The van der Waals surface area contributed by atoms with Crippen LogP contribution in [0.4, 0.5) is 0 Å². The van der Waals surface area contributed by atoms with Crippen LogP contribution in [-0.2, 0) is 13.0 Å². The highest BCUT2D eigenvalue weighted by Gasteiger charge is 2.22. The number of hydrogen-bond donors (Lipinski definition) is 2. The summed E-state index contributed by atoms with van der Waals surface area (Å²) in [6.45, 7) is 7.40. The molecular weight excluding hydrogens is 385 g/mol. The van der Waals surface area contributed by atoms with E-state index in [4.69, 9.17) is 0 Å². The fourth-order valence-electron chi connectivity index (χ4n) is 2.21. The molecule has 0 radical (unpaired) electrons. The number of rotatable bonds is 4. The molecule has 2 rings (SSSR count). The van der Waals surface area contributed by atoms with Gasteiger partial charge >= 0.3 is 0 Å². The fraction of sp³-hybridized carbons (Fsp3) is 0.643. The molecule has 1 aromatic heterocycles. The van der Waals surface area contributed by atoms with Crippen molar-refractivity contribution < 1.29 is 5.11 Å². The number of nitrogens with one attached hydrogen (secondary N) is 1. The minimum absolute atomic E-state index is 0. The topological polar surface area (TPSA) is 47.9 Å². The van der Waals surface area contributed by atoms with Gasteiger partial charge in [0.15, 0.2) is 5.96 Å². The normalized spacial score (nSPS) is 19.1. The molecule has 0 spiro atoms. The summed E-state index contributed by atoms with van der Waals surface area (Å²) in [6, 6.07) is 4.34. The number of aliphatic imine (C=N–C) groups is 1. The quantitative estimate of drug-likeness (QED) is 0.457. The van der Waals surface area contributed by atoms with Crippen LogP contribution in [0.1, 0.15) is 30.0 Å². The predicted octanol–water partition coefficient (Wildman–Crippen LogP) is 2.46. The number of aliphatic hydroxyl groups is 1. The number of aryl methyl sites for hydroxylation is 1. The SMILES string of the molecule is CCNC(=NCc1ccc(CC)s1)N1CC[C@@H](O)C1.I. The molecule has 2 heterocycles. The third kappa shape index (κ3) is 4.89. The maximum absolute atomic E-state index is 9.61. The maximum Gasteiger partial charge on any atom is 0.194 e. The molecule has 20 heavy (non-hydrogen) atoms. The van der Waals surface area contributed by atoms with Crippen LogP contribution in [0.2, 0.25) is 0 Å². The first-order chi connectivity index (χ1) is 9.22. The lowest BCUT2D eigenvalue weighted by molar-refractivity contribution is 0.188. The van der Waals surface area contributed by atoms with Crippen molar-refractivity contribution in [2.24, 2.45) is 4.99 Å². The molecule has 0 amide bonds. The van der Waals surface area contributed by atoms with Crippen molar-refractivity contribution in [1.29, 1.82) is 0 Å². The Morgan fingerprint density at radius 3 is 2.75 bits per heavy atom. The zero-order valence-electron chi connectivity index (χ0n) is 12.1. The second kappa shape index (κ2) is 8.84. The average Bonchev–Trinajstić information content (AvgIpc) is 3.03. The van der Waals surface area contributed by atoms with Crippen molar-refractivity contribution in [2.45, 2.75) is 39.3 Å². The van der Waals surface area contributed by atoms with Gasteiger partial charge in [-0.3, -0.25) is 0 Å². The summed E-state index contributed by atoms with van der Waals surface area (Å²) < 4.78 is 0. The summed E-state index contributed by atoms with van der Waals surface area (Å²) in [7, 11) is 0. The summed E-state index contributed by atoms with van der Waals surface area (Å²) in [5.74, 6) is 0.922. The molecule has 1 aliphatic rings. The van der Waals surface area contributed by atoms with Gasteiger partial charge < -0.3 is 15.3 Å². The molecule has 1 atom stereocenters. The van der Waals surface area contributed by atoms with E-state index < -0.39 is 0 Å². The minimum Gasteiger partial charge on any atom is -0.391 e. The Labute approximate surface area is 142 Å². The van der Waals surface area contributed by atoms with Crippen LogP contribution in [-0.4, -0.2) is 41.7 Å². The lowest BCUT2D eigenvalue weighted by Gasteiger charge is -2.20. The van der Waals surface area contributed by atoms with E-state index >= 15 is 0 Å². The minimum atomic E-state index is -0.211. The molecule has 114 valence electrons. The standard InChI is InChI=1S/C14H23N3OS.HI/c1-3-12-5-6-13(19-12)9-16-14(15-4-2)17-8-7-11(18)10-17;/h5-6,11,18H,3-4,7-10H2,1-2H3,(H,15,16);1H/t11-;/m1./s1. The summed E-state index contributed by atoms with van der Waals surface area (Å²) >= 11 is 1.83.